The third kappa shape index (κ3) is 4.43. The summed E-state index contributed by atoms with van der Waals surface area (Å²) < 4.78 is 31.5. The van der Waals surface area contributed by atoms with Gasteiger partial charge in [-0.2, -0.15) is 5.10 Å². The molecule has 0 atom stereocenters. The van der Waals surface area contributed by atoms with E-state index in [1.807, 2.05) is 74.1 Å². The highest BCUT2D eigenvalue weighted by Crippen LogP contribution is 2.26. The molecule has 0 aliphatic rings. The molecule has 7 nitrogen and oxygen atoms in total. The van der Waals surface area contributed by atoms with Crippen molar-refractivity contribution in [3.8, 4) is 11.3 Å². The number of aryl methyl sites for hydroxylation is 3. The Hall–Kier alpha value is -4.17. The van der Waals surface area contributed by atoms with Crippen LogP contribution >= 0.6 is 0 Å². The highest BCUT2D eigenvalue weighted by atomic mass is 32.2. The minimum atomic E-state index is -4.04. The van der Waals surface area contributed by atoms with Gasteiger partial charge in [0.2, 0.25) is 0 Å². The number of hydrogen-bond acceptors (Lipinski definition) is 4. The topological polar surface area (TPSA) is 86.0 Å². The Morgan fingerprint density at radius 3 is 2.36 bits per heavy atom. The standard InChI is InChI=1S/C28H26N4O3S/c1-19-8-7-9-20(2)24(19)18-32-27(28(33)30-36(34,35)23-10-5-4-6-11-23)17-25(29-32)21-12-13-26-22(16-21)14-15-31(26)3/h4-17H,18H2,1-3H3,(H,30,33). The van der Waals surface area contributed by atoms with Gasteiger partial charge in [0, 0.05) is 29.7 Å². The van der Waals surface area contributed by atoms with E-state index >= 15 is 0 Å². The van der Waals surface area contributed by atoms with Crippen molar-refractivity contribution < 1.29 is 13.2 Å². The molecule has 5 rings (SSSR count). The van der Waals surface area contributed by atoms with Crippen LogP contribution in [0.3, 0.4) is 0 Å². The molecule has 0 saturated carbocycles. The third-order valence-electron chi connectivity index (χ3n) is 6.43. The van der Waals surface area contributed by atoms with Gasteiger partial charge >= 0.3 is 0 Å². The summed E-state index contributed by atoms with van der Waals surface area (Å²) in [5.41, 5.74) is 5.86. The first-order valence-corrected chi connectivity index (χ1v) is 13.0. The van der Waals surface area contributed by atoms with Gasteiger partial charge in [-0.25, -0.2) is 13.1 Å². The van der Waals surface area contributed by atoms with Gasteiger partial charge < -0.3 is 4.57 Å². The van der Waals surface area contributed by atoms with Crippen molar-refractivity contribution in [3.05, 3.63) is 107 Å². The van der Waals surface area contributed by atoms with Crippen molar-refractivity contribution in [2.75, 3.05) is 0 Å². The molecule has 0 unspecified atom stereocenters. The van der Waals surface area contributed by atoms with Gasteiger partial charge in [0.1, 0.15) is 5.69 Å². The van der Waals surface area contributed by atoms with Crippen LogP contribution < -0.4 is 4.72 Å². The van der Waals surface area contributed by atoms with Crippen LogP contribution in [0.15, 0.2) is 90.0 Å². The maximum atomic E-state index is 13.3. The molecule has 0 aliphatic heterocycles. The molecule has 3 aromatic carbocycles. The third-order valence-corrected chi connectivity index (χ3v) is 7.77. The zero-order valence-electron chi connectivity index (χ0n) is 20.3. The molecular weight excluding hydrogens is 472 g/mol. The number of carbonyl (C=O) groups is 1. The second kappa shape index (κ2) is 9.13. The molecule has 0 bridgehead atoms. The molecule has 0 saturated heterocycles. The average Bonchev–Trinajstić information content (AvgIpc) is 3.45. The maximum absolute atomic E-state index is 13.3. The quantitative estimate of drug-likeness (QED) is 0.364. The van der Waals surface area contributed by atoms with E-state index in [9.17, 15) is 13.2 Å². The van der Waals surface area contributed by atoms with Crippen molar-refractivity contribution in [3.63, 3.8) is 0 Å². The average molecular weight is 499 g/mol. The van der Waals surface area contributed by atoms with Gasteiger partial charge in [-0.05, 0) is 66.9 Å². The Labute approximate surface area is 210 Å². The molecular formula is C28H26N4O3S. The predicted octanol–water partition coefficient (Wildman–Crippen LogP) is 4.83. The minimum absolute atomic E-state index is 0.0221. The number of nitrogens with zero attached hydrogens (tertiary/aromatic N) is 3. The molecule has 182 valence electrons. The van der Waals surface area contributed by atoms with Crippen molar-refractivity contribution in [2.24, 2.45) is 7.05 Å². The number of benzene rings is 3. The number of hydrogen-bond donors (Lipinski definition) is 1. The van der Waals surface area contributed by atoms with Crippen LogP contribution in [0.5, 0.6) is 0 Å². The summed E-state index contributed by atoms with van der Waals surface area (Å²) in [5, 5.41) is 5.80. The van der Waals surface area contributed by atoms with E-state index in [0.29, 0.717) is 12.2 Å². The van der Waals surface area contributed by atoms with Crippen LogP contribution in [0.4, 0.5) is 0 Å². The van der Waals surface area contributed by atoms with Crippen molar-refractivity contribution in [2.45, 2.75) is 25.3 Å². The van der Waals surface area contributed by atoms with E-state index in [4.69, 9.17) is 5.10 Å². The molecule has 1 amide bonds. The summed E-state index contributed by atoms with van der Waals surface area (Å²) in [6, 6.07) is 23.5. The van der Waals surface area contributed by atoms with Crippen LogP contribution in [-0.4, -0.2) is 28.7 Å². The van der Waals surface area contributed by atoms with E-state index < -0.39 is 15.9 Å². The summed E-state index contributed by atoms with van der Waals surface area (Å²) in [4.78, 5) is 13.3. The first-order valence-electron chi connectivity index (χ1n) is 11.5. The smallest absolute Gasteiger partial charge is 0.283 e. The molecule has 0 spiro atoms. The number of nitrogens with one attached hydrogen (secondary N) is 1. The molecule has 5 aromatic rings. The zero-order chi connectivity index (χ0) is 25.4. The normalized spacial score (nSPS) is 11.6. The second-order valence-electron chi connectivity index (χ2n) is 8.89. The Balaban J connectivity index is 1.57. The Kier molecular flexibility index (Phi) is 5.97. The highest BCUT2D eigenvalue weighted by molar-refractivity contribution is 7.90. The molecule has 2 heterocycles. The predicted molar refractivity (Wildman–Crippen MR) is 140 cm³/mol. The van der Waals surface area contributed by atoms with Gasteiger partial charge in [-0.3, -0.25) is 9.48 Å². The van der Waals surface area contributed by atoms with Crippen LogP contribution in [0, 0.1) is 13.8 Å². The number of amides is 1. The lowest BCUT2D eigenvalue weighted by Gasteiger charge is -2.13. The van der Waals surface area contributed by atoms with Crippen LogP contribution in [0.1, 0.15) is 27.2 Å². The maximum Gasteiger partial charge on any atom is 0.283 e. The first kappa shape index (κ1) is 23.6. The lowest BCUT2D eigenvalue weighted by molar-refractivity contribution is 0.0971. The molecule has 0 aliphatic carbocycles. The largest absolute Gasteiger partial charge is 0.351 e. The van der Waals surface area contributed by atoms with Crippen molar-refractivity contribution in [1.29, 1.82) is 0 Å². The molecule has 0 radical (unpaired) electrons. The second-order valence-corrected chi connectivity index (χ2v) is 10.6. The van der Waals surface area contributed by atoms with E-state index in [2.05, 4.69) is 4.72 Å². The Morgan fingerprint density at radius 1 is 0.917 bits per heavy atom. The van der Waals surface area contributed by atoms with Gasteiger partial charge in [0.15, 0.2) is 0 Å². The number of fused-ring (bicyclic) bond motifs is 1. The fourth-order valence-electron chi connectivity index (χ4n) is 4.38. The Morgan fingerprint density at radius 2 is 1.64 bits per heavy atom. The van der Waals surface area contributed by atoms with Crippen LogP contribution in [0.25, 0.3) is 22.2 Å². The van der Waals surface area contributed by atoms with Crippen LogP contribution in [-0.2, 0) is 23.6 Å². The molecule has 2 aromatic heterocycles. The first-order chi connectivity index (χ1) is 17.2. The van der Waals surface area contributed by atoms with E-state index in [0.717, 1.165) is 33.2 Å². The summed E-state index contributed by atoms with van der Waals surface area (Å²) >= 11 is 0. The monoisotopic (exact) mass is 498 g/mol. The number of carbonyl (C=O) groups excluding carboxylic acids is 1. The molecule has 8 heteroatoms. The summed E-state index contributed by atoms with van der Waals surface area (Å²) in [6.07, 6.45) is 1.99. The lowest BCUT2D eigenvalue weighted by Crippen LogP contribution is -2.32. The van der Waals surface area contributed by atoms with Gasteiger partial charge in [0.05, 0.1) is 17.1 Å². The SMILES string of the molecule is Cc1cccc(C)c1Cn1nc(-c2ccc3c(ccn3C)c2)cc1C(=O)NS(=O)(=O)c1ccccc1. The van der Waals surface area contributed by atoms with Crippen molar-refractivity contribution in [1.82, 2.24) is 19.1 Å². The summed E-state index contributed by atoms with van der Waals surface area (Å²) in [7, 11) is -2.06. The minimum Gasteiger partial charge on any atom is -0.351 e. The fraction of sp³-hybridized carbons (Fsp3) is 0.143. The molecule has 1 N–H and O–H groups in total. The van der Waals surface area contributed by atoms with Gasteiger partial charge in [-0.1, -0.05) is 42.5 Å². The number of rotatable bonds is 6. The highest BCUT2D eigenvalue weighted by Gasteiger charge is 2.23. The molecule has 36 heavy (non-hydrogen) atoms. The number of aromatic nitrogens is 3. The summed E-state index contributed by atoms with van der Waals surface area (Å²) in [5.74, 6) is -0.732. The lowest BCUT2D eigenvalue weighted by atomic mass is 10.0. The zero-order valence-corrected chi connectivity index (χ0v) is 21.1. The van der Waals surface area contributed by atoms with E-state index in [1.165, 1.54) is 12.1 Å². The van der Waals surface area contributed by atoms with E-state index in [1.54, 1.807) is 28.9 Å². The Bertz CT molecular complexity index is 1680. The molecule has 0 fully saturated rings. The van der Waals surface area contributed by atoms with Crippen LogP contribution in [0.2, 0.25) is 0 Å². The van der Waals surface area contributed by atoms with E-state index in [-0.39, 0.29) is 10.6 Å². The van der Waals surface area contributed by atoms with Crippen molar-refractivity contribution >= 4 is 26.8 Å². The fourth-order valence-corrected chi connectivity index (χ4v) is 5.37. The van der Waals surface area contributed by atoms with Gasteiger partial charge in [-0.15, -0.1) is 0 Å². The summed E-state index contributed by atoms with van der Waals surface area (Å²) in [6.45, 7) is 4.35. The van der Waals surface area contributed by atoms with Gasteiger partial charge in [0.25, 0.3) is 15.9 Å². The number of sulfonamides is 1.